The highest BCUT2D eigenvalue weighted by molar-refractivity contribution is 9.10. The molecule has 4 nitrogen and oxygen atoms in total. The molecule has 1 amide bonds. The summed E-state index contributed by atoms with van der Waals surface area (Å²) in [6, 6.07) is 12.2. The summed E-state index contributed by atoms with van der Waals surface area (Å²) in [7, 11) is -3.13. The van der Waals surface area contributed by atoms with Crippen LogP contribution < -0.4 is 5.32 Å². The van der Waals surface area contributed by atoms with E-state index in [9.17, 15) is 13.2 Å². The van der Waals surface area contributed by atoms with Gasteiger partial charge in [0.1, 0.15) is 0 Å². The molecule has 2 aromatic rings. The molecule has 0 heterocycles. The summed E-state index contributed by atoms with van der Waals surface area (Å²) in [6.45, 7) is 1.90. The molecule has 0 atom stereocenters. The van der Waals surface area contributed by atoms with Crippen molar-refractivity contribution in [3.05, 3.63) is 63.6 Å². The van der Waals surface area contributed by atoms with E-state index in [1.807, 2.05) is 25.1 Å². The fourth-order valence-electron chi connectivity index (χ4n) is 2.07. The van der Waals surface area contributed by atoms with Crippen LogP contribution in [0, 0.1) is 6.92 Å². The number of benzene rings is 2. The number of aryl methyl sites for hydroxylation is 1. The maximum atomic E-state index is 12.3. The highest BCUT2D eigenvalue weighted by Gasteiger charge is 2.10. The van der Waals surface area contributed by atoms with Crippen molar-refractivity contribution in [1.82, 2.24) is 0 Å². The van der Waals surface area contributed by atoms with Gasteiger partial charge in [0.15, 0.2) is 9.84 Å². The molecule has 1 N–H and O–H groups in total. The SMILES string of the molecule is Cc1cc(Br)ccc1NC(=O)c1cccc(CS(C)(=O)=O)c1. The Morgan fingerprint density at radius 1 is 1.18 bits per heavy atom. The third-order valence-electron chi connectivity index (χ3n) is 3.05. The monoisotopic (exact) mass is 381 g/mol. The number of halogens is 1. The van der Waals surface area contributed by atoms with Crippen molar-refractivity contribution in [2.24, 2.45) is 0 Å². The second-order valence-corrected chi connectivity index (χ2v) is 8.24. The molecule has 22 heavy (non-hydrogen) atoms. The molecule has 0 aliphatic rings. The molecule has 0 unspecified atom stereocenters. The number of amides is 1. The fraction of sp³-hybridized carbons (Fsp3) is 0.188. The molecule has 0 radical (unpaired) electrons. The van der Waals surface area contributed by atoms with Crippen molar-refractivity contribution >= 4 is 37.4 Å². The Balaban J connectivity index is 2.21. The highest BCUT2D eigenvalue weighted by Crippen LogP contribution is 2.21. The van der Waals surface area contributed by atoms with Gasteiger partial charge in [-0.05, 0) is 48.4 Å². The van der Waals surface area contributed by atoms with Gasteiger partial charge in [0.05, 0.1) is 5.75 Å². The number of anilines is 1. The van der Waals surface area contributed by atoms with Gasteiger partial charge < -0.3 is 5.32 Å². The molecule has 0 bridgehead atoms. The first-order chi connectivity index (χ1) is 10.2. The molecule has 0 aliphatic heterocycles. The molecule has 2 aromatic carbocycles. The largest absolute Gasteiger partial charge is 0.322 e. The average Bonchev–Trinajstić information content (AvgIpc) is 2.40. The second kappa shape index (κ2) is 6.62. The van der Waals surface area contributed by atoms with Gasteiger partial charge in [-0.2, -0.15) is 0 Å². The molecule has 0 aliphatic carbocycles. The summed E-state index contributed by atoms with van der Waals surface area (Å²) >= 11 is 3.38. The van der Waals surface area contributed by atoms with Crippen molar-refractivity contribution in [1.29, 1.82) is 0 Å². The zero-order valence-corrected chi connectivity index (χ0v) is 14.7. The van der Waals surface area contributed by atoms with Crippen LogP contribution in [0.15, 0.2) is 46.9 Å². The predicted octanol–water partition coefficient (Wildman–Crippen LogP) is 3.55. The molecule has 0 aromatic heterocycles. The Labute approximate surface area is 138 Å². The van der Waals surface area contributed by atoms with Gasteiger partial charge in [-0.3, -0.25) is 4.79 Å². The van der Waals surface area contributed by atoms with Gasteiger partial charge >= 0.3 is 0 Å². The normalized spacial score (nSPS) is 11.2. The number of hydrogen-bond acceptors (Lipinski definition) is 3. The number of carbonyl (C=O) groups is 1. The van der Waals surface area contributed by atoms with Crippen molar-refractivity contribution in [3.8, 4) is 0 Å². The van der Waals surface area contributed by atoms with E-state index in [1.54, 1.807) is 24.3 Å². The number of sulfone groups is 1. The Hall–Kier alpha value is -1.66. The van der Waals surface area contributed by atoms with Crippen LogP contribution in [0.25, 0.3) is 0 Å². The highest BCUT2D eigenvalue weighted by atomic mass is 79.9. The van der Waals surface area contributed by atoms with Crippen LogP contribution in [0.1, 0.15) is 21.5 Å². The van der Waals surface area contributed by atoms with Gasteiger partial charge in [0.25, 0.3) is 5.91 Å². The van der Waals surface area contributed by atoms with Crippen LogP contribution in [-0.2, 0) is 15.6 Å². The van der Waals surface area contributed by atoms with Crippen LogP contribution in [-0.4, -0.2) is 20.6 Å². The minimum atomic E-state index is -3.13. The Bertz CT molecular complexity index is 816. The van der Waals surface area contributed by atoms with Gasteiger partial charge in [-0.25, -0.2) is 8.42 Å². The standard InChI is InChI=1S/C16H16BrNO3S/c1-11-8-14(17)6-7-15(11)18-16(19)13-5-3-4-12(9-13)10-22(2,20)21/h3-9H,10H2,1-2H3,(H,18,19). The number of rotatable bonds is 4. The van der Waals surface area contributed by atoms with E-state index >= 15 is 0 Å². The van der Waals surface area contributed by atoms with E-state index in [-0.39, 0.29) is 11.7 Å². The Morgan fingerprint density at radius 3 is 2.55 bits per heavy atom. The molecule has 6 heteroatoms. The van der Waals surface area contributed by atoms with Crippen LogP contribution >= 0.6 is 15.9 Å². The predicted molar refractivity (Wildman–Crippen MR) is 91.8 cm³/mol. The number of nitrogens with one attached hydrogen (secondary N) is 1. The lowest BCUT2D eigenvalue weighted by atomic mass is 10.1. The van der Waals surface area contributed by atoms with Crippen molar-refractivity contribution in [3.63, 3.8) is 0 Å². The van der Waals surface area contributed by atoms with E-state index in [1.165, 1.54) is 6.26 Å². The first kappa shape index (κ1) is 16.7. The maximum absolute atomic E-state index is 12.3. The third kappa shape index (κ3) is 4.68. The first-order valence-electron chi connectivity index (χ1n) is 6.59. The van der Waals surface area contributed by atoms with E-state index in [2.05, 4.69) is 21.2 Å². The van der Waals surface area contributed by atoms with Crippen molar-refractivity contribution in [2.75, 3.05) is 11.6 Å². The van der Waals surface area contributed by atoms with Gasteiger partial charge in [0, 0.05) is 22.0 Å². The van der Waals surface area contributed by atoms with Crippen LogP contribution in [0.4, 0.5) is 5.69 Å². The lowest BCUT2D eigenvalue weighted by Gasteiger charge is -2.09. The average molecular weight is 382 g/mol. The molecule has 116 valence electrons. The molecular formula is C16H16BrNO3S. The summed E-state index contributed by atoms with van der Waals surface area (Å²) in [4.78, 5) is 12.3. The Kier molecular flexibility index (Phi) is 5.03. The van der Waals surface area contributed by atoms with E-state index in [0.717, 1.165) is 15.7 Å². The molecule has 0 saturated carbocycles. The number of carbonyl (C=O) groups excluding carboxylic acids is 1. The molecule has 0 spiro atoms. The van der Waals surface area contributed by atoms with Crippen LogP contribution in [0.2, 0.25) is 0 Å². The smallest absolute Gasteiger partial charge is 0.255 e. The summed E-state index contributed by atoms with van der Waals surface area (Å²) in [5.74, 6) is -0.341. The zero-order chi connectivity index (χ0) is 16.3. The van der Waals surface area contributed by atoms with Gasteiger partial charge in [0.2, 0.25) is 0 Å². The topological polar surface area (TPSA) is 63.2 Å². The molecule has 0 fully saturated rings. The summed E-state index contributed by atoms with van der Waals surface area (Å²) in [5.41, 5.74) is 2.70. The number of hydrogen-bond donors (Lipinski definition) is 1. The lowest BCUT2D eigenvalue weighted by molar-refractivity contribution is 0.102. The van der Waals surface area contributed by atoms with Gasteiger partial charge in [-0.15, -0.1) is 0 Å². The first-order valence-corrected chi connectivity index (χ1v) is 9.44. The van der Waals surface area contributed by atoms with E-state index in [4.69, 9.17) is 0 Å². The molecular weight excluding hydrogens is 366 g/mol. The molecule has 2 rings (SSSR count). The summed E-state index contributed by atoms with van der Waals surface area (Å²) in [6.07, 6.45) is 1.17. The van der Waals surface area contributed by atoms with Gasteiger partial charge in [-0.1, -0.05) is 28.1 Å². The maximum Gasteiger partial charge on any atom is 0.255 e. The summed E-state index contributed by atoms with van der Waals surface area (Å²) < 4.78 is 23.6. The fourth-order valence-corrected chi connectivity index (χ4v) is 3.33. The molecule has 0 saturated heterocycles. The zero-order valence-electron chi connectivity index (χ0n) is 12.3. The second-order valence-electron chi connectivity index (χ2n) is 5.18. The lowest BCUT2D eigenvalue weighted by Crippen LogP contribution is -2.13. The van der Waals surface area contributed by atoms with E-state index < -0.39 is 9.84 Å². The van der Waals surface area contributed by atoms with Crippen LogP contribution in [0.3, 0.4) is 0 Å². The quantitative estimate of drug-likeness (QED) is 0.880. The summed E-state index contributed by atoms with van der Waals surface area (Å²) in [5, 5.41) is 2.83. The van der Waals surface area contributed by atoms with E-state index in [0.29, 0.717) is 11.1 Å². The van der Waals surface area contributed by atoms with Crippen molar-refractivity contribution in [2.45, 2.75) is 12.7 Å². The third-order valence-corrected chi connectivity index (χ3v) is 4.41. The van der Waals surface area contributed by atoms with Crippen molar-refractivity contribution < 1.29 is 13.2 Å². The Morgan fingerprint density at radius 2 is 1.91 bits per heavy atom. The van der Waals surface area contributed by atoms with Crippen LogP contribution in [0.5, 0.6) is 0 Å². The minimum Gasteiger partial charge on any atom is -0.322 e. The minimum absolute atomic E-state index is 0.0779.